The predicted molar refractivity (Wildman–Crippen MR) is 106 cm³/mol. The minimum absolute atomic E-state index is 0.0990. The van der Waals surface area contributed by atoms with Crippen LogP contribution in [0.1, 0.15) is 36.5 Å². The standard InChI is InChI=1S/C23H25NO2/c1-5-26-23(25)22-18(4)24(20-12-11-16(2)17(3)15-20)14-13-21(22)19-9-7-6-8-10-19/h6-15,21H,5H2,1-4H3. The normalized spacial score (nSPS) is 16.8. The van der Waals surface area contributed by atoms with Crippen LogP contribution in [0.2, 0.25) is 0 Å². The molecule has 26 heavy (non-hydrogen) atoms. The van der Waals surface area contributed by atoms with Gasteiger partial charge in [-0.25, -0.2) is 4.79 Å². The summed E-state index contributed by atoms with van der Waals surface area (Å²) in [6, 6.07) is 16.4. The predicted octanol–water partition coefficient (Wildman–Crippen LogP) is 5.26. The van der Waals surface area contributed by atoms with Crippen molar-refractivity contribution in [3.8, 4) is 0 Å². The Labute approximate surface area is 155 Å². The number of carbonyl (C=O) groups excluding carboxylic acids is 1. The summed E-state index contributed by atoms with van der Waals surface area (Å²) in [4.78, 5) is 14.8. The molecule has 3 heteroatoms. The fraction of sp³-hybridized carbons (Fsp3) is 0.261. The SMILES string of the molecule is CCOC(=O)C1=C(C)N(c2ccc(C)c(C)c2)C=CC1c1ccccc1. The Balaban J connectivity index is 2.07. The lowest BCUT2D eigenvalue weighted by Crippen LogP contribution is -2.26. The van der Waals surface area contributed by atoms with E-state index in [-0.39, 0.29) is 11.9 Å². The first-order valence-corrected chi connectivity index (χ1v) is 9.00. The Hall–Kier alpha value is -2.81. The van der Waals surface area contributed by atoms with Gasteiger partial charge in [0.15, 0.2) is 0 Å². The highest BCUT2D eigenvalue weighted by molar-refractivity contribution is 5.93. The number of nitrogens with zero attached hydrogens (tertiary/aromatic N) is 1. The van der Waals surface area contributed by atoms with Crippen molar-refractivity contribution in [2.75, 3.05) is 11.5 Å². The minimum atomic E-state index is -0.253. The fourth-order valence-electron chi connectivity index (χ4n) is 3.31. The van der Waals surface area contributed by atoms with Crippen LogP contribution in [0.5, 0.6) is 0 Å². The maximum atomic E-state index is 12.7. The van der Waals surface area contributed by atoms with Gasteiger partial charge in [0.25, 0.3) is 0 Å². The molecule has 1 aliphatic heterocycles. The molecular weight excluding hydrogens is 322 g/mol. The monoisotopic (exact) mass is 347 g/mol. The lowest BCUT2D eigenvalue weighted by Gasteiger charge is -2.31. The number of ether oxygens (including phenoxy) is 1. The molecule has 1 heterocycles. The molecule has 0 spiro atoms. The smallest absolute Gasteiger partial charge is 0.336 e. The molecule has 0 saturated heterocycles. The fourth-order valence-corrected chi connectivity index (χ4v) is 3.31. The third kappa shape index (κ3) is 3.43. The summed E-state index contributed by atoms with van der Waals surface area (Å²) in [6.07, 6.45) is 4.13. The van der Waals surface area contributed by atoms with Gasteiger partial charge in [-0.15, -0.1) is 0 Å². The molecule has 0 radical (unpaired) electrons. The lowest BCUT2D eigenvalue weighted by atomic mass is 9.87. The number of benzene rings is 2. The van der Waals surface area contributed by atoms with Gasteiger partial charge in [0, 0.05) is 23.5 Å². The van der Waals surface area contributed by atoms with Crippen LogP contribution in [0.4, 0.5) is 5.69 Å². The van der Waals surface area contributed by atoms with Crippen LogP contribution < -0.4 is 4.90 Å². The van der Waals surface area contributed by atoms with Crippen LogP contribution in [0.15, 0.2) is 72.1 Å². The van der Waals surface area contributed by atoms with Crippen molar-refractivity contribution in [2.45, 2.75) is 33.6 Å². The first-order chi connectivity index (χ1) is 12.5. The quantitative estimate of drug-likeness (QED) is 0.707. The van der Waals surface area contributed by atoms with E-state index in [0.717, 1.165) is 16.9 Å². The highest BCUT2D eigenvalue weighted by atomic mass is 16.5. The molecule has 0 N–H and O–H groups in total. The van der Waals surface area contributed by atoms with E-state index in [1.54, 1.807) is 0 Å². The van der Waals surface area contributed by atoms with Gasteiger partial charge in [-0.3, -0.25) is 0 Å². The van der Waals surface area contributed by atoms with Crippen molar-refractivity contribution >= 4 is 11.7 Å². The maximum Gasteiger partial charge on any atom is 0.336 e. The van der Waals surface area contributed by atoms with Crippen molar-refractivity contribution in [1.82, 2.24) is 0 Å². The van der Waals surface area contributed by atoms with E-state index in [9.17, 15) is 4.79 Å². The van der Waals surface area contributed by atoms with Crippen molar-refractivity contribution in [3.63, 3.8) is 0 Å². The van der Waals surface area contributed by atoms with Gasteiger partial charge in [-0.05, 0) is 56.5 Å². The lowest BCUT2D eigenvalue weighted by molar-refractivity contribution is -0.138. The Morgan fingerprint density at radius 2 is 1.77 bits per heavy atom. The second kappa shape index (κ2) is 7.61. The molecule has 0 aliphatic carbocycles. The molecule has 3 rings (SSSR count). The van der Waals surface area contributed by atoms with Crippen molar-refractivity contribution < 1.29 is 9.53 Å². The number of hydrogen-bond donors (Lipinski definition) is 0. The number of aryl methyl sites for hydroxylation is 2. The first-order valence-electron chi connectivity index (χ1n) is 9.00. The van der Waals surface area contributed by atoms with E-state index in [1.807, 2.05) is 44.2 Å². The van der Waals surface area contributed by atoms with Crippen LogP contribution in [0, 0.1) is 13.8 Å². The number of carbonyl (C=O) groups is 1. The first kappa shape index (κ1) is 18.0. The summed E-state index contributed by atoms with van der Waals surface area (Å²) < 4.78 is 5.37. The molecule has 0 amide bonds. The maximum absolute atomic E-state index is 12.7. The minimum Gasteiger partial charge on any atom is -0.463 e. The zero-order valence-corrected chi connectivity index (χ0v) is 15.8. The molecule has 1 atom stereocenters. The number of hydrogen-bond acceptors (Lipinski definition) is 3. The number of esters is 1. The third-order valence-electron chi connectivity index (χ3n) is 4.91. The summed E-state index contributed by atoms with van der Waals surface area (Å²) in [6.45, 7) is 8.39. The molecule has 2 aromatic carbocycles. The Morgan fingerprint density at radius 3 is 2.42 bits per heavy atom. The average Bonchev–Trinajstić information content (AvgIpc) is 2.64. The largest absolute Gasteiger partial charge is 0.463 e. The molecule has 0 saturated carbocycles. The average molecular weight is 347 g/mol. The highest BCUT2D eigenvalue weighted by Gasteiger charge is 2.29. The molecule has 2 aromatic rings. The zero-order valence-electron chi connectivity index (χ0n) is 15.8. The summed E-state index contributed by atoms with van der Waals surface area (Å²) >= 11 is 0. The molecule has 3 nitrogen and oxygen atoms in total. The van der Waals surface area contributed by atoms with Crippen molar-refractivity contribution in [3.05, 3.63) is 88.8 Å². The topological polar surface area (TPSA) is 29.5 Å². The summed E-state index contributed by atoms with van der Waals surface area (Å²) in [7, 11) is 0. The van der Waals surface area contributed by atoms with E-state index in [1.165, 1.54) is 11.1 Å². The Morgan fingerprint density at radius 1 is 1.04 bits per heavy atom. The molecule has 1 unspecified atom stereocenters. The summed E-state index contributed by atoms with van der Waals surface area (Å²) in [5.74, 6) is -0.352. The van der Waals surface area contributed by atoms with Gasteiger partial charge in [0.05, 0.1) is 12.2 Å². The van der Waals surface area contributed by atoms with Crippen LogP contribution in [0.25, 0.3) is 0 Å². The Bertz CT molecular complexity index is 865. The Kier molecular flexibility index (Phi) is 5.27. The van der Waals surface area contributed by atoms with Gasteiger partial charge < -0.3 is 9.64 Å². The number of rotatable bonds is 4. The van der Waals surface area contributed by atoms with Crippen molar-refractivity contribution in [1.29, 1.82) is 0 Å². The van der Waals surface area contributed by atoms with Crippen LogP contribution in [-0.4, -0.2) is 12.6 Å². The van der Waals surface area contributed by atoms with Gasteiger partial charge >= 0.3 is 5.97 Å². The van der Waals surface area contributed by atoms with Crippen LogP contribution >= 0.6 is 0 Å². The van der Waals surface area contributed by atoms with E-state index < -0.39 is 0 Å². The molecule has 0 aromatic heterocycles. The second-order valence-corrected chi connectivity index (χ2v) is 6.59. The molecule has 0 fully saturated rings. The van der Waals surface area contributed by atoms with Crippen LogP contribution in [-0.2, 0) is 9.53 Å². The third-order valence-corrected chi connectivity index (χ3v) is 4.91. The van der Waals surface area contributed by atoms with Gasteiger partial charge in [0.1, 0.15) is 0 Å². The van der Waals surface area contributed by atoms with Gasteiger partial charge in [0.2, 0.25) is 0 Å². The highest BCUT2D eigenvalue weighted by Crippen LogP contribution is 2.36. The number of anilines is 1. The molecule has 0 bridgehead atoms. The molecule has 1 aliphatic rings. The second-order valence-electron chi connectivity index (χ2n) is 6.59. The van der Waals surface area contributed by atoms with Gasteiger partial charge in [-0.2, -0.15) is 0 Å². The summed E-state index contributed by atoms with van der Waals surface area (Å²) in [5, 5.41) is 0. The van der Waals surface area contributed by atoms with E-state index in [4.69, 9.17) is 4.74 Å². The molecule has 134 valence electrons. The molecular formula is C23H25NO2. The number of allylic oxidation sites excluding steroid dienone is 2. The summed E-state index contributed by atoms with van der Waals surface area (Å²) in [5.41, 5.74) is 6.22. The van der Waals surface area contributed by atoms with E-state index >= 15 is 0 Å². The van der Waals surface area contributed by atoms with Crippen LogP contribution in [0.3, 0.4) is 0 Å². The van der Waals surface area contributed by atoms with E-state index in [2.05, 4.69) is 49.2 Å². The zero-order chi connectivity index (χ0) is 18.7. The van der Waals surface area contributed by atoms with Crippen molar-refractivity contribution in [2.24, 2.45) is 0 Å². The van der Waals surface area contributed by atoms with Gasteiger partial charge in [-0.1, -0.05) is 42.5 Å². The van der Waals surface area contributed by atoms with E-state index in [0.29, 0.717) is 12.2 Å².